The first-order chi connectivity index (χ1) is 8.74. The van der Waals surface area contributed by atoms with Crippen molar-refractivity contribution in [1.82, 2.24) is 5.32 Å². The van der Waals surface area contributed by atoms with Gasteiger partial charge >= 0.3 is 0 Å². The molecule has 1 aliphatic heterocycles. The molecule has 1 spiro atoms. The van der Waals surface area contributed by atoms with Crippen molar-refractivity contribution >= 4 is 0 Å². The number of benzene rings is 1. The van der Waals surface area contributed by atoms with E-state index in [4.69, 9.17) is 4.74 Å². The van der Waals surface area contributed by atoms with Crippen molar-refractivity contribution in [3.63, 3.8) is 0 Å². The van der Waals surface area contributed by atoms with Gasteiger partial charge in [0.2, 0.25) is 0 Å². The smallest absolute Gasteiger partial charge is 0.122 e. The largest absolute Gasteiger partial charge is 0.496 e. The first kappa shape index (κ1) is 12.0. The summed E-state index contributed by atoms with van der Waals surface area (Å²) in [7, 11) is 1.77. The van der Waals surface area contributed by atoms with Gasteiger partial charge in [-0.2, -0.15) is 0 Å². The highest BCUT2D eigenvalue weighted by molar-refractivity contribution is 5.41. The van der Waals surface area contributed by atoms with Gasteiger partial charge in [0.25, 0.3) is 0 Å². The fraction of sp³-hybridized carbons (Fsp3) is 0.625. The van der Waals surface area contributed by atoms with Crippen LogP contribution < -0.4 is 10.1 Å². The van der Waals surface area contributed by atoms with Gasteiger partial charge in [-0.05, 0) is 61.1 Å². The quantitative estimate of drug-likeness (QED) is 0.863. The van der Waals surface area contributed by atoms with Crippen LogP contribution in [0.4, 0.5) is 0 Å². The number of hydrogen-bond donors (Lipinski definition) is 1. The van der Waals surface area contributed by atoms with Gasteiger partial charge in [0.1, 0.15) is 5.75 Å². The second kappa shape index (κ2) is 4.58. The summed E-state index contributed by atoms with van der Waals surface area (Å²) in [4.78, 5) is 0. The zero-order valence-corrected chi connectivity index (χ0v) is 11.5. The van der Waals surface area contributed by atoms with Gasteiger partial charge in [0.05, 0.1) is 7.11 Å². The van der Waals surface area contributed by atoms with Crippen molar-refractivity contribution in [2.75, 3.05) is 20.2 Å². The zero-order valence-electron chi connectivity index (χ0n) is 11.5. The minimum absolute atomic E-state index is 0.656. The van der Waals surface area contributed by atoms with Crippen molar-refractivity contribution < 1.29 is 4.74 Å². The van der Waals surface area contributed by atoms with Crippen LogP contribution in [0.5, 0.6) is 5.75 Å². The van der Waals surface area contributed by atoms with Crippen LogP contribution in [-0.4, -0.2) is 20.2 Å². The maximum absolute atomic E-state index is 5.44. The molecule has 0 amide bonds. The molecule has 2 aliphatic rings. The molecule has 1 heterocycles. The third kappa shape index (κ3) is 1.93. The molecule has 0 radical (unpaired) electrons. The lowest BCUT2D eigenvalue weighted by molar-refractivity contribution is 0.0973. The fourth-order valence-electron chi connectivity index (χ4n) is 3.67. The van der Waals surface area contributed by atoms with E-state index in [-0.39, 0.29) is 0 Å². The minimum atomic E-state index is 0.656. The average molecular weight is 245 g/mol. The number of methoxy groups -OCH3 is 1. The van der Waals surface area contributed by atoms with Crippen molar-refractivity contribution in [2.24, 2.45) is 5.41 Å². The van der Waals surface area contributed by atoms with E-state index >= 15 is 0 Å². The number of nitrogens with one attached hydrogen (secondary N) is 1. The van der Waals surface area contributed by atoms with Crippen LogP contribution in [0.3, 0.4) is 0 Å². The Bertz CT molecular complexity index is 427. The monoisotopic (exact) mass is 245 g/mol. The zero-order chi connectivity index (χ0) is 12.6. The molecule has 0 bridgehead atoms. The molecule has 1 N–H and O–H groups in total. The molecule has 1 aromatic carbocycles. The Labute approximate surface area is 110 Å². The third-order valence-corrected chi connectivity index (χ3v) is 5.03. The Morgan fingerprint density at radius 2 is 1.94 bits per heavy atom. The summed E-state index contributed by atoms with van der Waals surface area (Å²) < 4.78 is 5.44. The van der Waals surface area contributed by atoms with Gasteiger partial charge in [-0.3, -0.25) is 0 Å². The van der Waals surface area contributed by atoms with E-state index in [2.05, 4.69) is 30.4 Å². The molecular weight excluding hydrogens is 222 g/mol. The van der Waals surface area contributed by atoms with Crippen molar-refractivity contribution in [2.45, 2.75) is 38.5 Å². The first-order valence-corrected chi connectivity index (χ1v) is 7.08. The number of ether oxygens (including phenoxy) is 1. The second-order valence-electron chi connectivity index (χ2n) is 6.05. The Balaban J connectivity index is 1.76. The van der Waals surface area contributed by atoms with Gasteiger partial charge < -0.3 is 10.1 Å². The van der Waals surface area contributed by atoms with Crippen LogP contribution in [0.2, 0.25) is 0 Å². The van der Waals surface area contributed by atoms with E-state index in [0.717, 1.165) is 11.7 Å². The topological polar surface area (TPSA) is 21.3 Å². The molecule has 2 fully saturated rings. The number of rotatable bonds is 2. The van der Waals surface area contributed by atoms with Crippen molar-refractivity contribution in [3.8, 4) is 5.75 Å². The second-order valence-corrected chi connectivity index (χ2v) is 6.05. The summed E-state index contributed by atoms with van der Waals surface area (Å²) in [6, 6.07) is 6.50. The Kier molecular flexibility index (Phi) is 3.06. The average Bonchev–Trinajstić information content (AvgIpc) is 2.37. The van der Waals surface area contributed by atoms with Gasteiger partial charge in [-0.1, -0.05) is 12.1 Å². The molecule has 1 aromatic rings. The predicted molar refractivity (Wildman–Crippen MR) is 74.2 cm³/mol. The van der Waals surface area contributed by atoms with Crippen LogP contribution in [0.1, 0.15) is 42.7 Å². The Morgan fingerprint density at radius 1 is 1.22 bits per heavy atom. The molecule has 1 saturated carbocycles. The Morgan fingerprint density at radius 3 is 2.50 bits per heavy atom. The van der Waals surface area contributed by atoms with E-state index in [0.29, 0.717) is 5.41 Å². The predicted octanol–water partition coefficient (Wildman–Crippen LogP) is 3.25. The lowest BCUT2D eigenvalue weighted by Crippen LogP contribution is -2.54. The fourth-order valence-corrected chi connectivity index (χ4v) is 3.67. The van der Waals surface area contributed by atoms with Crippen LogP contribution in [-0.2, 0) is 0 Å². The molecule has 0 atom stereocenters. The van der Waals surface area contributed by atoms with Crippen LogP contribution in [0.15, 0.2) is 18.2 Å². The molecule has 2 nitrogen and oxygen atoms in total. The van der Waals surface area contributed by atoms with Crippen LogP contribution in [0.25, 0.3) is 0 Å². The summed E-state index contributed by atoms with van der Waals surface area (Å²) >= 11 is 0. The van der Waals surface area contributed by atoms with Gasteiger partial charge in [-0.15, -0.1) is 0 Å². The normalized spacial score (nSPS) is 22.8. The highest BCUT2D eigenvalue weighted by Gasteiger charge is 2.40. The maximum Gasteiger partial charge on any atom is 0.122 e. The van der Waals surface area contributed by atoms with E-state index in [9.17, 15) is 0 Å². The van der Waals surface area contributed by atoms with Gasteiger partial charge in [0, 0.05) is 13.1 Å². The summed E-state index contributed by atoms with van der Waals surface area (Å²) in [6.07, 6.45) is 5.47. The molecule has 98 valence electrons. The van der Waals surface area contributed by atoms with Crippen LogP contribution >= 0.6 is 0 Å². The maximum atomic E-state index is 5.44. The molecule has 0 aromatic heterocycles. The SMILES string of the molecule is COc1cccc(C2CCC3(CC2)CNC3)c1C. The van der Waals surface area contributed by atoms with Crippen LogP contribution in [0, 0.1) is 12.3 Å². The molecule has 18 heavy (non-hydrogen) atoms. The standard InChI is InChI=1S/C16H23NO/c1-12-14(4-3-5-15(12)18-2)13-6-8-16(9-7-13)10-17-11-16/h3-5,13,17H,6-11H2,1-2H3. The van der Waals surface area contributed by atoms with Gasteiger partial charge in [-0.25, -0.2) is 0 Å². The molecule has 1 aliphatic carbocycles. The summed E-state index contributed by atoms with van der Waals surface area (Å²) in [5.41, 5.74) is 3.51. The van der Waals surface area contributed by atoms with Crippen molar-refractivity contribution in [3.05, 3.63) is 29.3 Å². The molecule has 1 saturated heterocycles. The van der Waals surface area contributed by atoms with Gasteiger partial charge in [0.15, 0.2) is 0 Å². The van der Waals surface area contributed by atoms with Crippen molar-refractivity contribution in [1.29, 1.82) is 0 Å². The van der Waals surface area contributed by atoms with E-state index in [1.54, 1.807) is 7.11 Å². The summed E-state index contributed by atoms with van der Waals surface area (Å²) in [5, 5.41) is 3.44. The highest BCUT2D eigenvalue weighted by atomic mass is 16.5. The lowest BCUT2D eigenvalue weighted by Gasteiger charge is -2.47. The van der Waals surface area contributed by atoms with E-state index in [1.165, 1.54) is 49.9 Å². The molecular formula is C16H23NO. The molecule has 2 heteroatoms. The lowest BCUT2D eigenvalue weighted by atomic mass is 9.65. The Hall–Kier alpha value is -1.02. The summed E-state index contributed by atoms with van der Waals surface area (Å²) in [6.45, 7) is 4.69. The third-order valence-electron chi connectivity index (χ3n) is 5.03. The summed E-state index contributed by atoms with van der Waals surface area (Å²) in [5.74, 6) is 1.78. The number of hydrogen-bond acceptors (Lipinski definition) is 2. The first-order valence-electron chi connectivity index (χ1n) is 7.08. The highest BCUT2D eigenvalue weighted by Crippen LogP contribution is 2.46. The molecule has 0 unspecified atom stereocenters. The minimum Gasteiger partial charge on any atom is -0.496 e. The van der Waals surface area contributed by atoms with E-state index < -0.39 is 0 Å². The van der Waals surface area contributed by atoms with E-state index in [1.807, 2.05) is 0 Å². The molecule has 3 rings (SSSR count).